The van der Waals surface area contributed by atoms with Crippen LogP contribution in [0.25, 0.3) is 67.8 Å². The van der Waals surface area contributed by atoms with E-state index in [0.29, 0.717) is 17.5 Å². The van der Waals surface area contributed by atoms with E-state index in [9.17, 15) is 0 Å². The van der Waals surface area contributed by atoms with Crippen molar-refractivity contribution in [3.8, 4) is 67.8 Å². The Morgan fingerprint density at radius 3 is 1.67 bits per heavy atom. The van der Waals surface area contributed by atoms with Crippen LogP contribution in [-0.2, 0) is 5.41 Å². The number of pyridine rings is 1. The van der Waals surface area contributed by atoms with Gasteiger partial charge in [0.2, 0.25) is 0 Å². The molecule has 2 aromatic heterocycles. The summed E-state index contributed by atoms with van der Waals surface area (Å²) in [7, 11) is -1.44. The molecule has 2 heterocycles. The molecule has 0 amide bonds. The molecule has 52 heavy (non-hydrogen) atoms. The highest BCUT2D eigenvalue weighted by molar-refractivity contribution is 6.88. The Balaban J connectivity index is 1.09. The Kier molecular flexibility index (Phi) is 8.04. The van der Waals surface area contributed by atoms with Crippen molar-refractivity contribution in [2.45, 2.75) is 57.2 Å². The van der Waals surface area contributed by atoms with Gasteiger partial charge in [0.15, 0.2) is 17.5 Å². The minimum absolute atomic E-state index is 0.116. The predicted octanol–water partition coefficient (Wildman–Crippen LogP) is 11.4. The number of hydrogen-bond donors (Lipinski definition) is 0. The fourth-order valence-electron chi connectivity index (χ4n) is 8.35. The third-order valence-electron chi connectivity index (χ3n) is 11.1. The SMILES string of the molecule is C[Si](C)(C)c1ccc(-c2nc(-c3ccccc3)nc(-c3cccc(-c4cccc(-c5ccc6c(c5)C5(CCCCC5)c5ccccc5-6)n4)c3)n2)cc1. The third-order valence-corrected chi connectivity index (χ3v) is 13.2. The fourth-order valence-corrected chi connectivity index (χ4v) is 9.52. The van der Waals surface area contributed by atoms with E-state index in [4.69, 9.17) is 19.9 Å². The van der Waals surface area contributed by atoms with Gasteiger partial charge < -0.3 is 0 Å². The van der Waals surface area contributed by atoms with Gasteiger partial charge in [0.1, 0.15) is 0 Å². The summed E-state index contributed by atoms with van der Waals surface area (Å²) in [6, 6.07) is 49.9. The highest BCUT2D eigenvalue weighted by atomic mass is 28.3. The standard InChI is InChI=1S/C47H42N4Si/c1-52(2,3)37-25-22-33(23-26-37)45-49-44(32-14-6-4-7-15-32)50-46(51-45)36-17-12-16-34(30-36)42-20-13-21-43(48-42)35-24-27-39-38-18-8-9-19-40(38)47(41(39)31-35)28-10-5-11-29-47/h4,6-9,12-27,30-31H,5,10-11,28-29H2,1-3H3. The maximum absolute atomic E-state index is 5.26. The molecule has 7 aromatic rings. The molecule has 1 spiro atoms. The zero-order chi connectivity index (χ0) is 35.3. The van der Waals surface area contributed by atoms with Gasteiger partial charge in [-0.15, -0.1) is 0 Å². The molecule has 0 unspecified atom stereocenters. The summed E-state index contributed by atoms with van der Waals surface area (Å²) in [5.41, 5.74) is 12.9. The van der Waals surface area contributed by atoms with Crippen LogP contribution in [0.5, 0.6) is 0 Å². The molecule has 0 saturated heterocycles. The molecule has 0 N–H and O–H groups in total. The molecule has 1 saturated carbocycles. The van der Waals surface area contributed by atoms with E-state index in [2.05, 4.69) is 141 Å². The van der Waals surface area contributed by atoms with Crippen molar-refractivity contribution in [3.63, 3.8) is 0 Å². The second kappa shape index (κ2) is 12.9. The lowest BCUT2D eigenvalue weighted by Gasteiger charge is -2.36. The summed E-state index contributed by atoms with van der Waals surface area (Å²) in [5.74, 6) is 1.98. The average molecular weight is 691 g/mol. The van der Waals surface area contributed by atoms with Crippen molar-refractivity contribution in [3.05, 3.63) is 151 Å². The van der Waals surface area contributed by atoms with E-state index < -0.39 is 8.07 Å². The zero-order valence-electron chi connectivity index (χ0n) is 30.1. The van der Waals surface area contributed by atoms with Crippen LogP contribution in [0.3, 0.4) is 0 Å². The lowest BCUT2D eigenvalue weighted by molar-refractivity contribution is 0.353. The van der Waals surface area contributed by atoms with Gasteiger partial charge in [-0.2, -0.15) is 0 Å². The van der Waals surface area contributed by atoms with Gasteiger partial charge >= 0.3 is 0 Å². The van der Waals surface area contributed by atoms with Crippen molar-refractivity contribution in [1.29, 1.82) is 0 Å². The van der Waals surface area contributed by atoms with Gasteiger partial charge in [-0.3, -0.25) is 0 Å². The van der Waals surface area contributed by atoms with E-state index in [0.717, 1.165) is 33.6 Å². The highest BCUT2D eigenvalue weighted by Gasteiger charge is 2.43. The lowest BCUT2D eigenvalue weighted by Crippen LogP contribution is -2.37. The Bertz CT molecular complexity index is 2420. The average Bonchev–Trinajstić information content (AvgIpc) is 3.46. The van der Waals surface area contributed by atoms with E-state index in [-0.39, 0.29) is 5.41 Å². The molecule has 0 bridgehead atoms. The van der Waals surface area contributed by atoms with E-state index >= 15 is 0 Å². The number of nitrogens with zero attached hydrogens (tertiary/aromatic N) is 4. The molecular weight excluding hydrogens is 649 g/mol. The fraction of sp³-hybridized carbons (Fsp3) is 0.191. The number of aromatic nitrogens is 4. The minimum atomic E-state index is -1.44. The first kappa shape index (κ1) is 32.4. The number of rotatable bonds is 6. The molecule has 4 nitrogen and oxygen atoms in total. The molecule has 2 aliphatic carbocycles. The van der Waals surface area contributed by atoms with Gasteiger partial charge in [-0.1, -0.05) is 159 Å². The van der Waals surface area contributed by atoms with Crippen LogP contribution >= 0.6 is 0 Å². The Morgan fingerprint density at radius 2 is 0.962 bits per heavy atom. The summed E-state index contributed by atoms with van der Waals surface area (Å²) in [6.45, 7) is 7.10. The maximum atomic E-state index is 5.26. The van der Waals surface area contributed by atoms with Gasteiger partial charge in [-0.25, -0.2) is 19.9 Å². The van der Waals surface area contributed by atoms with E-state index in [1.54, 1.807) is 0 Å². The van der Waals surface area contributed by atoms with Crippen molar-refractivity contribution < 1.29 is 0 Å². The first-order valence-corrected chi connectivity index (χ1v) is 22.1. The van der Waals surface area contributed by atoms with E-state index in [1.165, 1.54) is 65.1 Å². The normalized spacial score (nSPS) is 14.6. The van der Waals surface area contributed by atoms with Crippen molar-refractivity contribution in [2.24, 2.45) is 0 Å². The topological polar surface area (TPSA) is 51.6 Å². The summed E-state index contributed by atoms with van der Waals surface area (Å²) >= 11 is 0. The molecule has 254 valence electrons. The van der Waals surface area contributed by atoms with Crippen molar-refractivity contribution >= 4 is 13.3 Å². The van der Waals surface area contributed by atoms with Crippen LogP contribution < -0.4 is 5.19 Å². The molecule has 0 aliphatic heterocycles. The first-order valence-electron chi connectivity index (χ1n) is 18.6. The molecule has 2 aliphatic rings. The van der Waals surface area contributed by atoms with Crippen molar-refractivity contribution in [1.82, 2.24) is 19.9 Å². The lowest BCUT2D eigenvalue weighted by atomic mass is 9.67. The van der Waals surface area contributed by atoms with Crippen LogP contribution in [0.15, 0.2) is 140 Å². The summed E-state index contributed by atoms with van der Waals surface area (Å²) in [4.78, 5) is 20.3. The van der Waals surface area contributed by atoms with Gasteiger partial charge in [0.25, 0.3) is 0 Å². The zero-order valence-corrected chi connectivity index (χ0v) is 31.1. The Hall–Kier alpha value is -5.52. The van der Waals surface area contributed by atoms with Crippen LogP contribution in [-0.4, -0.2) is 28.0 Å². The quantitative estimate of drug-likeness (QED) is 0.163. The van der Waals surface area contributed by atoms with Crippen LogP contribution in [0.2, 0.25) is 19.6 Å². The predicted molar refractivity (Wildman–Crippen MR) is 217 cm³/mol. The number of hydrogen-bond acceptors (Lipinski definition) is 4. The monoisotopic (exact) mass is 690 g/mol. The molecule has 5 aromatic carbocycles. The second-order valence-electron chi connectivity index (χ2n) is 15.4. The van der Waals surface area contributed by atoms with Crippen LogP contribution in [0.4, 0.5) is 0 Å². The maximum Gasteiger partial charge on any atom is 0.164 e. The summed E-state index contributed by atoms with van der Waals surface area (Å²) in [5, 5.41) is 1.41. The molecule has 1 fully saturated rings. The summed E-state index contributed by atoms with van der Waals surface area (Å²) < 4.78 is 0. The highest BCUT2D eigenvalue weighted by Crippen LogP contribution is 2.56. The Morgan fingerprint density at radius 1 is 0.423 bits per heavy atom. The van der Waals surface area contributed by atoms with Gasteiger partial charge in [0.05, 0.1) is 19.5 Å². The molecule has 0 atom stereocenters. The van der Waals surface area contributed by atoms with Crippen LogP contribution in [0.1, 0.15) is 43.2 Å². The van der Waals surface area contributed by atoms with Gasteiger partial charge in [0, 0.05) is 33.2 Å². The summed E-state index contributed by atoms with van der Waals surface area (Å²) in [6.07, 6.45) is 6.32. The minimum Gasteiger partial charge on any atom is -0.248 e. The second-order valence-corrected chi connectivity index (χ2v) is 20.5. The van der Waals surface area contributed by atoms with E-state index in [1.807, 2.05) is 18.2 Å². The van der Waals surface area contributed by atoms with Gasteiger partial charge in [-0.05, 0) is 59.4 Å². The number of benzene rings is 5. The Labute approximate surface area is 307 Å². The third kappa shape index (κ3) is 5.79. The molecule has 5 heteroatoms. The number of fused-ring (bicyclic) bond motifs is 5. The molecule has 9 rings (SSSR count). The smallest absolute Gasteiger partial charge is 0.164 e. The molecule has 0 radical (unpaired) electrons. The largest absolute Gasteiger partial charge is 0.248 e. The first-order chi connectivity index (χ1) is 25.4. The molecular formula is C47H42N4Si. The van der Waals surface area contributed by atoms with Crippen LogP contribution in [0, 0.1) is 0 Å². The van der Waals surface area contributed by atoms with Crippen molar-refractivity contribution in [2.75, 3.05) is 0 Å².